The second-order valence-electron chi connectivity index (χ2n) is 6.87. The van der Waals surface area contributed by atoms with E-state index in [2.05, 4.69) is 26.2 Å². The first-order valence-corrected chi connectivity index (χ1v) is 10.2. The van der Waals surface area contributed by atoms with E-state index in [9.17, 15) is 4.79 Å². The minimum Gasteiger partial charge on any atom is -0.368 e. The van der Waals surface area contributed by atoms with Gasteiger partial charge in [0.1, 0.15) is 0 Å². The fourth-order valence-corrected chi connectivity index (χ4v) is 3.62. The molecule has 0 aliphatic carbocycles. The van der Waals surface area contributed by atoms with E-state index in [4.69, 9.17) is 11.6 Å². The smallest absolute Gasteiger partial charge is 0.250 e. The largest absolute Gasteiger partial charge is 0.368 e. The van der Waals surface area contributed by atoms with Crippen molar-refractivity contribution in [1.82, 2.24) is 14.8 Å². The molecular weight excluding hydrogens is 501 g/mol. The SMILES string of the molecule is CN=C(NCCCCn1ccccc1=O)N1CCN(c2cccc(Cl)c2)CC1.I. The Balaban J connectivity index is 0.00000300. The topological polar surface area (TPSA) is 52.9 Å². The van der Waals surface area contributed by atoms with Crippen LogP contribution in [0, 0.1) is 0 Å². The van der Waals surface area contributed by atoms with Crippen molar-refractivity contribution in [1.29, 1.82) is 0 Å². The number of piperazine rings is 1. The van der Waals surface area contributed by atoms with Crippen molar-refractivity contribution in [3.8, 4) is 0 Å². The molecule has 1 aromatic carbocycles. The number of nitrogens with zero attached hydrogens (tertiary/aromatic N) is 4. The molecule has 1 fully saturated rings. The maximum absolute atomic E-state index is 11.7. The molecule has 1 aromatic heterocycles. The summed E-state index contributed by atoms with van der Waals surface area (Å²) in [6, 6.07) is 13.3. The van der Waals surface area contributed by atoms with E-state index < -0.39 is 0 Å². The Bertz CT molecular complexity index is 849. The summed E-state index contributed by atoms with van der Waals surface area (Å²) >= 11 is 6.11. The van der Waals surface area contributed by atoms with Gasteiger partial charge in [0.25, 0.3) is 0 Å². The van der Waals surface area contributed by atoms with Gasteiger partial charge in [0, 0.05) is 69.3 Å². The summed E-state index contributed by atoms with van der Waals surface area (Å²) < 4.78 is 1.75. The normalized spacial score (nSPS) is 14.5. The van der Waals surface area contributed by atoms with E-state index in [1.54, 1.807) is 16.7 Å². The molecule has 2 aromatic rings. The number of nitrogens with one attached hydrogen (secondary N) is 1. The zero-order chi connectivity index (χ0) is 19.8. The van der Waals surface area contributed by atoms with Crippen LogP contribution in [0.5, 0.6) is 0 Å². The van der Waals surface area contributed by atoms with Gasteiger partial charge in [0.15, 0.2) is 5.96 Å². The van der Waals surface area contributed by atoms with Crippen LogP contribution in [0.25, 0.3) is 0 Å². The molecule has 0 bridgehead atoms. The molecule has 0 unspecified atom stereocenters. The lowest BCUT2D eigenvalue weighted by Gasteiger charge is -2.37. The maximum atomic E-state index is 11.7. The standard InChI is InChI=1S/C21H28ClN5O.HI/c1-23-21(24-10-3-5-12-26-11-4-2-9-20(26)28)27-15-13-25(14-16-27)19-8-6-7-18(22)17-19;/h2,4,6-9,11,17H,3,5,10,12-16H2,1H3,(H,23,24);1H. The molecule has 6 nitrogen and oxygen atoms in total. The molecule has 3 rings (SSSR count). The van der Waals surface area contributed by atoms with Gasteiger partial charge in [0.05, 0.1) is 0 Å². The van der Waals surface area contributed by atoms with Gasteiger partial charge >= 0.3 is 0 Å². The monoisotopic (exact) mass is 529 g/mol. The summed E-state index contributed by atoms with van der Waals surface area (Å²) in [7, 11) is 1.83. The molecule has 8 heteroatoms. The zero-order valence-electron chi connectivity index (χ0n) is 16.8. The molecule has 0 radical (unpaired) electrons. The van der Waals surface area contributed by atoms with Crippen molar-refractivity contribution in [3.05, 3.63) is 64.0 Å². The second-order valence-corrected chi connectivity index (χ2v) is 7.30. The number of hydrogen-bond donors (Lipinski definition) is 1. The molecule has 0 saturated carbocycles. The fraction of sp³-hybridized carbons (Fsp3) is 0.429. The Morgan fingerprint density at radius 3 is 2.59 bits per heavy atom. The van der Waals surface area contributed by atoms with Gasteiger partial charge in [-0.3, -0.25) is 9.79 Å². The third kappa shape index (κ3) is 6.92. The Hall–Kier alpha value is -1.74. The van der Waals surface area contributed by atoms with Crippen LogP contribution in [0.15, 0.2) is 58.4 Å². The number of hydrogen-bond acceptors (Lipinski definition) is 3. The van der Waals surface area contributed by atoms with E-state index >= 15 is 0 Å². The van der Waals surface area contributed by atoms with Crippen molar-refractivity contribution in [3.63, 3.8) is 0 Å². The molecular formula is C21H29ClIN5O. The van der Waals surface area contributed by atoms with Crippen LogP contribution in [0.2, 0.25) is 5.02 Å². The van der Waals surface area contributed by atoms with Crippen molar-refractivity contribution in [2.45, 2.75) is 19.4 Å². The predicted molar refractivity (Wildman–Crippen MR) is 132 cm³/mol. The van der Waals surface area contributed by atoms with Gasteiger partial charge in [-0.2, -0.15) is 0 Å². The van der Waals surface area contributed by atoms with Crippen molar-refractivity contribution in [2.24, 2.45) is 4.99 Å². The first kappa shape index (κ1) is 23.5. The van der Waals surface area contributed by atoms with Crippen LogP contribution in [-0.2, 0) is 6.54 Å². The lowest BCUT2D eigenvalue weighted by molar-refractivity contribution is 0.372. The van der Waals surface area contributed by atoms with Crippen molar-refractivity contribution < 1.29 is 0 Å². The first-order valence-electron chi connectivity index (χ1n) is 9.79. The maximum Gasteiger partial charge on any atom is 0.250 e. The van der Waals surface area contributed by atoms with Crippen molar-refractivity contribution >= 4 is 47.2 Å². The van der Waals surface area contributed by atoms with Crippen LogP contribution in [0.1, 0.15) is 12.8 Å². The summed E-state index contributed by atoms with van der Waals surface area (Å²) in [6.07, 6.45) is 3.79. The number of benzene rings is 1. The third-order valence-electron chi connectivity index (χ3n) is 4.97. The number of aromatic nitrogens is 1. The number of pyridine rings is 1. The highest BCUT2D eigenvalue weighted by Crippen LogP contribution is 2.20. The van der Waals surface area contributed by atoms with E-state index in [-0.39, 0.29) is 29.5 Å². The van der Waals surface area contributed by atoms with Gasteiger partial charge in [-0.25, -0.2) is 0 Å². The number of aliphatic imine (C=N–C) groups is 1. The Morgan fingerprint density at radius 2 is 1.90 bits per heavy atom. The predicted octanol–water partition coefficient (Wildman–Crippen LogP) is 3.30. The molecule has 0 atom stereocenters. The second kappa shape index (κ2) is 12.1. The number of rotatable bonds is 6. The lowest BCUT2D eigenvalue weighted by atomic mass is 10.2. The molecule has 1 aliphatic heterocycles. The molecule has 0 spiro atoms. The summed E-state index contributed by atoms with van der Waals surface area (Å²) in [5, 5.41) is 4.23. The Morgan fingerprint density at radius 1 is 1.10 bits per heavy atom. The highest BCUT2D eigenvalue weighted by atomic mass is 127. The van der Waals surface area contributed by atoms with E-state index in [1.165, 1.54) is 5.69 Å². The molecule has 29 heavy (non-hydrogen) atoms. The number of guanidine groups is 1. The number of anilines is 1. The summed E-state index contributed by atoms with van der Waals surface area (Å²) in [5.41, 5.74) is 1.23. The number of aryl methyl sites for hydroxylation is 1. The van der Waals surface area contributed by atoms with Gasteiger partial charge in [-0.1, -0.05) is 23.7 Å². The van der Waals surface area contributed by atoms with Gasteiger partial charge in [-0.15, -0.1) is 24.0 Å². The highest BCUT2D eigenvalue weighted by Gasteiger charge is 2.19. The Labute approximate surface area is 194 Å². The van der Waals surface area contributed by atoms with Gasteiger partial charge in [-0.05, 0) is 37.1 Å². The highest BCUT2D eigenvalue weighted by molar-refractivity contribution is 14.0. The quantitative estimate of drug-likeness (QED) is 0.270. The zero-order valence-corrected chi connectivity index (χ0v) is 19.8. The van der Waals surface area contributed by atoms with E-state index in [0.29, 0.717) is 0 Å². The van der Waals surface area contributed by atoms with Crippen LogP contribution in [0.4, 0.5) is 5.69 Å². The summed E-state index contributed by atoms with van der Waals surface area (Å²) in [6.45, 7) is 5.33. The minimum absolute atomic E-state index is 0. The molecule has 0 amide bonds. The molecule has 2 heterocycles. The molecule has 1 N–H and O–H groups in total. The minimum atomic E-state index is 0. The van der Waals surface area contributed by atoms with E-state index in [0.717, 1.165) is 63.1 Å². The van der Waals surface area contributed by atoms with Crippen molar-refractivity contribution in [2.75, 3.05) is 44.7 Å². The average molecular weight is 530 g/mol. The average Bonchev–Trinajstić information content (AvgIpc) is 2.72. The number of unbranched alkanes of at least 4 members (excludes halogenated alkanes) is 1. The molecule has 1 aliphatic rings. The lowest BCUT2D eigenvalue weighted by Crippen LogP contribution is -2.52. The molecule has 1 saturated heterocycles. The fourth-order valence-electron chi connectivity index (χ4n) is 3.43. The number of halogens is 2. The molecule has 158 valence electrons. The third-order valence-corrected chi connectivity index (χ3v) is 5.21. The summed E-state index contributed by atoms with van der Waals surface area (Å²) in [5.74, 6) is 0.947. The van der Waals surface area contributed by atoms with E-state index in [1.807, 2.05) is 37.5 Å². The summed E-state index contributed by atoms with van der Waals surface area (Å²) in [4.78, 5) is 20.8. The van der Waals surface area contributed by atoms with Crippen LogP contribution >= 0.6 is 35.6 Å². The van der Waals surface area contributed by atoms with Crippen LogP contribution < -0.4 is 15.8 Å². The van der Waals surface area contributed by atoms with Crippen LogP contribution in [0.3, 0.4) is 0 Å². The first-order chi connectivity index (χ1) is 13.7. The Kier molecular flexibility index (Phi) is 9.80. The van der Waals surface area contributed by atoms with Gasteiger partial charge in [0.2, 0.25) is 5.56 Å². The van der Waals surface area contributed by atoms with Gasteiger partial charge < -0.3 is 19.7 Å². The van der Waals surface area contributed by atoms with Crippen LogP contribution in [-0.4, -0.2) is 55.2 Å².